The van der Waals surface area contributed by atoms with Crippen molar-refractivity contribution in [2.24, 2.45) is 5.92 Å². The van der Waals surface area contributed by atoms with Gasteiger partial charge in [0.2, 0.25) is 0 Å². The molecule has 1 aromatic rings. The molecule has 1 heterocycles. The molecular formula is C15H19N. The Hall–Kier alpha value is -1.08. The van der Waals surface area contributed by atoms with Gasteiger partial charge in [0.1, 0.15) is 0 Å². The molecule has 0 aromatic heterocycles. The van der Waals surface area contributed by atoms with E-state index in [2.05, 4.69) is 54.4 Å². The van der Waals surface area contributed by atoms with Gasteiger partial charge < -0.3 is 4.90 Å². The van der Waals surface area contributed by atoms with Crippen molar-refractivity contribution in [1.82, 2.24) is 4.90 Å². The van der Waals surface area contributed by atoms with E-state index in [1.165, 1.54) is 31.5 Å². The molecule has 2 atom stereocenters. The average molecular weight is 213 g/mol. The molecule has 1 nitrogen and oxygen atoms in total. The largest absolute Gasteiger partial charge is 0.305 e. The van der Waals surface area contributed by atoms with E-state index in [0.717, 1.165) is 5.92 Å². The van der Waals surface area contributed by atoms with Gasteiger partial charge in [0.05, 0.1) is 0 Å². The zero-order valence-corrected chi connectivity index (χ0v) is 9.89. The minimum Gasteiger partial charge on any atom is -0.305 e. The van der Waals surface area contributed by atoms with Gasteiger partial charge in [-0.1, -0.05) is 42.5 Å². The van der Waals surface area contributed by atoms with Gasteiger partial charge >= 0.3 is 0 Å². The first-order chi connectivity index (χ1) is 7.81. The molecule has 3 rings (SSSR count). The fraction of sp³-hybridized carbons (Fsp3) is 0.467. The average Bonchev–Trinajstić information content (AvgIpc) is 2.67. The normalized spacial score (nSPS) is 33.9. The van der Waals surface area contributed by atoms with Crippen LogP contribution in [0.4, 0.5) is 0 Å². The van der Waals surface area contributed by atoms with Gasteiger partial charge in [0, 0.05) is 18.5 Å². The van der Waals surface area contributed by atoms with E-state index in [-0.39, 0.29) is 0 Å². The Bertz CT molecular complexity index is 395. The third-order valence-corrected chi connectivity index (χ3v) is 4.28. The summed E-state index contributed by atoms with van der Waals surface area (Å²) in [5.41, 5.74) is 1.93. The van der Waals surface area contributed by atoms with Crippen LogP contribution in [-0.4, -0.2) is 25.0 Å². The molecule has 1 saturated heterocycles. The van der Waals surface area contributed by atoms with Crippen LogP contribution in [0.1, 0.15) is 18.4 Å². The molecule has 0 spiro atoms. The van der Waals surface area contributed by atoms with Gasteiger partial charge in [0.15, 0.2) is 0 Å². The highest BCUT2D eigenvalue weighted by Gasteiger charge is 2.46. The lowest BCUT2D eigenvalue weighted by molar-refractivity contribution is 0.328. The predicted molar refractivity (Wildman–Crippen MR) is 67.5 cm³/mol. The Kier molecular flexibility index (Phi) is 2.36. The first kappa shape index (κ1) is 10.1. The Morgan fingerprint density at radius 3 is 2.81 bits per heavy atom. The predicted octanol–water partition coefficient (Wildman–Crippen LogP) is 2.84. The molecule has 1 aromatic carbocycles. The number of likely N-dealkylation sites (N-methyl/N-ethyl adjacent to an activating group) is 1. The number of hydrogen-bond acceptors (Lipinski definition) is 1. The summed E-state index contributed by atoms with van der Waals surface area (Å²) in [5, 5.41) is 0. The highest BCUT2D eigenvalue weighted by Crippen LogP contribution is 2.45. The van der Waals surface area contributed by atoms with E-state index >= 15 is 0 Å². The first-order valence-corrected chi connectivity index (χ1v) is 6.20. The molecule has 0 saturated carbocycles. The molecule has 2 aliphatic rings. The van der Waals surface area contributed by atoms with Gasteiger partial charge in [-0.05, 0) is 31.4 Å². The molecule has 16 heavy (non-hydrogen) atoms. The second-order valence-corrected chi connectivity index (χ2v) is 5.33. The van der Waals surface area contributed by atoms with E-state index in [4.69, 9.17) is 0 Å². The summed E-state index contributed by atoms with van der Waals surface area (Å²) in [6, 6.07) is 11.1. The van der Waals surface area contributed by atoms with Crippen molar-refractivity contribution in [2.75, 3.05) is 20.1 Å². The van der Waals surface area contributed by atoms with Gasteiger partial charge in [-0.2, -0.15) is 0 Å². The minimum absolute atomic E-state index is 0.394. The molecule has 84 valence electrons. The Balaban J connectivity index is 2.04. The monoisotopic (exact) mass is 213 g/mol. The topological polar surface area (TPSA) is 3.24 Å². The third kappa shape index (κ3) is 1.42. The summed E-state index contributed by atoms with van der Waals surface area (Å²) < 4.78 is 0. The standard InChI is InChI=1S/C15H19N/c1-16-11-14-9-5-6-10-15(14,12-16)13-7-3-2-4-8-13/h2-8,14H,9-12H2,1H3/t14-,15+/m1/s1. The third-order valence-electron chi connectivity index (χ3n) is 4.28. The Morgan fingerprint density at radius 1 is 1.19 bits per heavy atom. The molecule has 1 aliphatic carbocycles. The van der Waals surface area contributed by atoms with E-state index in [0.29, 0.717) is 5.41 Å². The van der Waals surface area contributed by atoms with Crippen LogP contribution in [0.25, 0.3) is 0 Å². The fourth-order valence-corrected chi connectivity index (χ4v) is 3.53. The van der Waals surface area contributed by atoms with Crippen LogP contribution in [0.5, 0.6) is 0 Å². The number of nitrogens with zero attached hydrogens (tertiary/aromatic N) is 1. The van der Waals surface area contributed by atoms with E-state index in [1.54, 1.807) is 0 Å². The van der Waals surface area contributed by atoms with Crippen molar-refractivity contribution < 1.29 is 0 Å². The van der Waals surface area contributed by atoms with E-state index in [9.17, 15) is 0 Å². The number of hydrogen-bond donors (Lipinski definition) is 0. The first-order valence-electron chi connectivity index (χ1n) is 6.20. The number of allylic oxidation sites excluding steroid dienone is 2. The van der Waals surface area contributed by atoms with Crippen molar-refractivity contribution in [3.05, 3.63) is 48.0 Å². The van der Waals surface area contributed by atoms with Gasteiger partial charge in [-0.3, -0.25) is 0 Å². The molecule has 0 radical (unpaired) electrons. The van der Waals surface area contributed by atoms with Gasteiger partial charge in [-0.25, -0.2) is 0 Å². The van der Waals surface area contributed by atoms with E-state index < -0.39 is 0 Å². The summed E-state index contributed by atoms with van der Waals surface area (Å²) >= 11 is 0. The number of benzene rings is 1. The van der Waals surface area contributed by atoms with Crippen LogP contribution in [0.2, 0.25) is 0 Å². The van der Waals surface area contributed by atoms with Gasteiger partial charge in [-0.15, -0.1) is 0 Å². The van der Waals surface area contributed by atoms with Crippen LogP contribution < -0.4 is 0 Å². The summed E-state index contributed by atoms with van der Waals surface area (Å²) in [6.07, 6.45) is 7.21. The van der Waals surface area contributed by atoms with Crippen LogP contribution in [0, 0.1) is 5.92 Å². The summed E-state index contributed by atoms with van der Waals surface area (Å²) in [5.74, 6) is 0.810. The molecule has 0 unspecified atom stereocenters. The number of rotatable bonds is 1. The Labute approximate surface area is 97.8 Å². The van der Waals surface area contributed by atoms with Crippen LogP contribution in [-0.2, 0) is 5.41 Å². The highest BCUT2D eigenvalue weighted by atomic mass is 15.1. The maximum Gasteiger partial charge on any atom is 0.0158 e. The maximum atomic E-state index is 2.49. The van der Waals surface area contributed by atoms with Crippen LogP contribution >= 0.6 is 0 Å². The lowest BCUT2D eigenvalue weighted by atomic mass is 9.67. The summed E-state index contributed by atoms with van der Waals surface area (Å²) in [4.78, 5) is 2.49. The van der Waals surface area contributed by atoms with Crippen molar-refractivity contribution in [3.8, 4) is 0 Å². The fourth-order valence-electron chi connectivity index (χ4n) is 3.53. The Morgan fingerprint density at radius 2 is 2.00 bits per heavy atom. The summed E-state index contributed by atoms with van der Waals surface area (Å²) in [6.45, 7) is 2.46. The van der Waals surface area contributed by atoms with Gasteiger partial charge in [0.25, 0.3) is 0 Å². The van der Waals surface area contributed by atoms with E-state index in [1.807, 2.05) is 0 Å². The molecular weight excluding hydrogens is 194 g/mol. The smallest absolute Gasteiger partial charge is 0.0158 e. The lowest BCUT2D eigenvalue weighted by Gasteiger charge is -2.36. The second-order valence-electron chi connectivity index (χ2n) is 5.33. The molecule has 1 heteroatoms. The SMILES string of the molecule is CN1C[C@H]2CC=CC[C@@]2(c2ccccc2)C1. The number of likely N-dealkylation sites (tertiary alicyclic amines) is 1. The summed E-state index contributed by atoms with van der Waals surface area (Å²) in [7, 11) is 2.25. The van der Waals surface area contributed by atoms with Crippen LogP contribution in [0.3, 0.4) is 0 Å². The molecule has 0 bridgehead atoms. The lowest BCUT2D eigenvalue weighted by Crippen LogP contribution is -2.36. The zero-order chi connectivity index (χ0) is 11.0. The van der Waals surface area contributed by atoms with Crippen molar-refractivity contribution in [3.63, 3.8) is 0 Å². The van der Waals surface area contributed by atoms with Crippen molar-refractivity contribution in [1.29, 1.82) is 0 Å². The zero-order valence-electron chi connectivity index (χ0n) is 9.89. The molecule has 0 amide bonds. The van der Waals surface area contributed by atoms with Crippen molar-refractivity contribution in [2.45, 2.75) is 18.3 Å². The molecule has 0 N–H and O–H groups in total. The maximum absolute atomic E-state index is 2.49. The highest BCUT2D eigenvalue weighted by molar-refractivity contribution is 5.32. The van der Waals surface area contributed by atoms with Crippen LogP contribution in [0.15, 0.2) is 42.5 Å². The molecule has 1 fully saturated rings. The molecule has 1 aliphatic heterocycles. The minimum atomic E-state index is 0.394. The number of fused-ring (bicyclic) bond motifs is 1. The second kappa shape index (κ2) is 3.74. The van der Waals surface area contributed by atoms with Crippen molar-refractivity contribution >= 4 is 0 Å². The quantitative estimate of drug-likeness (QED) is 0.648.